The van der Waals surface area contributed by atoms with E-state index in [0.29, 0.717) is 6.26 Å². The Morgan fingerprint density at radius 2 is 1.60 bits per heavy atom. The zero-order chi connectivity index (χ0) is 15.4. The van der Waals surface area contributed by atoms with Gasteiger partial charge in [-0.2, -0.15) is 8.42 Å². The summed E-state index contributed by atoms with van der Waals surface area (Å²) < 4.78 is 36.4. The highest BCUT2D eigenvalue weighted by molar-refractivity contribution is 7.85. The Morgan fingerprint density at radius 3 is 2.10 bits per heavy atom. The lowest BCUT2D eigenvalue weighted by atomic mass is 10.2. The van der Waals surface area contributed by atoms with E-state index in [0.717, 1.165) is 43.9 Å². The highest BCUT2D eigenvalue weighted by Gasteiger charge is 1.93. The molecule has 0 atom stereocenters. The topological polar surface area (TPSA) is 98.9 Å². The number of unbranched alkanes of at least 4 members (excludes halogenated alkanes) is 2. The van der Waals surface area contributed by atoms with Crippen LogP contribution in [0.2, 0.25) is 0 Å². The Bertz CT molecular complexity index is 436. The maximum absolute atomic E-state index is 9.19. The lowest BCUT2D eigenvalue weighted by Gasteiger charge is -2.05. The van der Waals surface area contributed by atoms with E-state index in [-0.39, 0.29) is 0 Å². The third kappa shape index (κ3) is 14.7. The van der Waals surface area contributed by atoms with E-state index in [1.54, 1.807) is 7.11 Å². The van der Waals surface area contributed by atoms with E-state index in [2.05, 4.69) is 0 Å². The van der Waals surface area contributed by atoms with Crippen LogP contribution in [0.3, 0.4) is 0 Å². The van der Waals surface area contributed by atoms with E-state index in [9.17, 15) is 8.42 Å². The molecule has 0 fully saturated rings. The number of anilines is 1. The fourth-order valence-electron chi connectivity index (χ4n) is 1.28. The summed E-state index contributed by atoms with van der Waals surface area (Å²) in [6.07, 6.45) is 4.02. The van der Waals surface area contributed by atoms with Crippen molar-refractivity contribution in [2.24, 2.45) is 0 Å². The number of rotatable bonds is 7. The first-order valence-electron chi connectivity index (χ1n) is 6.22. The van der Waals surface area contributed by atoms with Crippen molar-refractivity contribution >= 4 is 15.8 Å². The summed E-state index contributed by atoms with van der Waals surface area (Å²) in [5.41, 5.74) is 6.33. The predicted octanol–water partition coefficient (Wildman–Crippen LogP) is 1.97. The molecule has 7 heteroatoms. The molecule has 0 radical (unpaired) electrons. The molecule has 0 spiro atoms. The van der Waals surface area contributed by atoms with E-state index in [4.69, 9.17) is 19.8 Å². The number of ether oxygens (including phenoxy) is 2. The van der Waals surface area contributed by atoms with E-state index in [1.165, 1.54) is 0 Å². The summed E-state index contributed by atoms with van der Waals surface area (Å²) in [5.74, 6) is 0.885. The molecule has 0 saturated heterocycles. The molecule has 0 aliphatic rings. The van der Waals surface area contributed by atoms with Crippen molar-refractivity contribution in [2.45, 2.75) is 19.3 Å². The van der Waals surface area contributed by atoms with Crippen LogP contribution in [-0.2, 0) is 14.9 Å². The molecule has 0 aliphatic carbocycles. The molecule has 0 unspecified atom stereocenters. The van der Waals surface area contributed by atoms with Crippen LogP contribution in [0.15, 0.2) is 24.3 Å². The van der Waals surface area contributed by atoms with Gasteiger partial charge in [-0.15, -0.1) is 0 Å². The Morgan fingerprint density at radius 1 is 1.10 bits per heavy atom. The van der Waals surface area contributed by atoms with Gasteiger partial charge in [0, 0.05) is 19.4 Å². The molecule has 116 valence electrons. The van der Waals surface area contributed by atoms with Gasteiger partial charge >= 0.3 is 0 Å². The van der Waals surface area contributed by atoms with Crippen LogP contribution in [0.4, 0.5) is 5.69 Å². The van der Waals surface area contributed by atoms with Crippen molar-refractivity contribution in [1.82, 2.24) is 0 Å². The minimum absolute atomic E-state index is 0.715. The SMILES string of the molecule is COCCCCCOc1ccc(N)cc1.CS(=O)(=O)O. The fraction of sp³-hybridized carbons (Fsp3) is 0.538. The van der Waals surface area contributed by atoms with Crippen LogP contribution >= 0.6 is 0 Å². The molecule has 6 nitrogen and oxygen atoms in total. The largest absolute Gasteiger partial charge is 0.494 e. The van der Waals surface area contributed by atoms with Crippen molar-refractivity contribution in [3.63, 3.8) is 0 Å². The number of hydrogen-bond donors (Lipinski definition) is 2. The highest BCUT2D eigenvalue weighted by Crippen LogP contribution is 2.13. The lowest BCUT2D eigenvalue weighted by molar-refractivity contribution is 0.189. The van der Waals surface area contributed by atoms with Gasteiger partial charge < -0.3 is 15.2 Å². The molecule has 0 aliphatic heterocycles. The van der Waals surface area contributed by atoms with Crippen molar-refractivity contribution in [2.75, 3.05) is 32.3 Å². The number of benzene rings is 1. The molecule has 20 heavy (non-hydrogen) atoms. The maximum Gasteiger partial charge on any atom is 0.261 e. The minimum Gasteiger partial charge on any atom is -0.494 e. The monoisotopic (exact) mass is 305 g/mol. The van der Waals surface area contributed by atoms with Gasteiger partial charge in [0.25, 0.3) is 10.1 Å². The molecule has 0 saturated carbocycles. The number of hydrogen-bond acceptors (Lipinski definition) is 5. The first kappa shape index (κ1) is 18.7. The molecule has 1 aromatic rings. The van der Waals surface area contributed by atoms with Gasteiger partial charge in [-0.1, -0.05) is 0 Å². The van der Waals surface area contributed by atoms with Gasteiger partial charge in [0.05, 0.1) is 12.9 Å². The van der Waals surface area contributed by atoms with Crippen LogP contribution in [0.1, 0.15) is 19.3 Å². The quantitative estimate of drug-likeness (QED) is 0.454. The van der Waals surface area contributed by atoms with E-state index in [1.807, 2.05) is 24.3 Å². The second-order valence-electron chi connectivity index (χ2n) is 4.20. The maximum atomic E-state index is 9.19. The lowest BCUT2D eigenvalue weighted by Crippen LogP contribution is -1.98. The molecule has 1 rings (SSSR count). The van der Waals surface area contributed by atoms with Gasteiger partial charge in [-0.25, -0.2) is 0 Å². The molecule has 1 aromatic carbocycles. The molecule has 0 heterocycles. The zero-order valence-electron chi connectivity index (χ0n) is 11.9. The second kappa shape index (κ2) is 10.5. The Balaban J connectivity index is 0.000000621. The predicted molar refractivity (Wildman–Crippen MR) is 79.5 cm³/mol. The van der Waals surface area contributed by atoms with Crippen LogP contribution in [-0.4, -0.2) is 39.5 Å². The minimum atomic E-state index is -3.67. The Kier molecular flexibility index (Phi) is 9.79. The molecular formula is C13H23NO5S. The summed E-state index contributed by atoms with van der Waals surface area (Å²) >= 11 is 0. The van der Waals surface area contributed by atoms with E-state index < -0.39 is 10.1 Å². The van der Waals surface area contributed by atoms with Gasteiger partial charge in [0.1, 0.15) is 5.75 Å². The Hall–Kier alpha value is -1.31. The Labute approximate surface area is 120 Å². The average Bonchev–Trinajstić information content (AvgIpc) is 2.34. The number of methoxy groups -OCH3 is 1. The molecule has 0 bridgehead atoms. The average molecular weight is 305 g/mol. The van der Waals surface area contributed by atoms with Crippen molar-refractivity contribution < 1.29 is 22.4 Å². The smallest absolute Gasteiger partial charge is 0.261 e. The summed E-state index contributed by atoms with van der Waals surface area (Å²) in [6.45, 7) is 1.59. The number of nitrogen functional groups attached to an aromatic ring is 1. The van der Waals surface area contributed by atoms with E-state index >= 15 is 0 Å². The van der Waals surface area contributed by atoms with Crippen LogP contribution in [0, 0.1) is 0 Å². The number of nitrogens with two attached hydrogens (primary N) is 1. The van der Waals surface area contributed by atoms with Crippen LogP contribution in [0.25, 0.3) is 0 Å². The molecule has 3 N–H and O–H groups in total. The normalized spacial score (nSPS) is 10.6. The van der Waals surface area contributed by atoms with Gasteiger partial charge in [-0.3, -0.25) is 4.55 Å². The second-order valence-corrected chi connectivity index (χ2v) is 5.67. The highest BCUT2D eigenvalue weighted by atomic mass is 32.2. The summed E-state index contributed by atoms with van der Waals surface area (Å²) in [6, 6.07) is 7.48. The third-order valence-corrected chi connectivity index (χ3v) is 2.14. The molecule has 0 aromatic heterocycles. The van der Waals surface area contributed by atoms with Gasteiger partial charge in [0.15, 0.2) is 0 Å². The van der Waals surface area contributed by atoms with Crippen LogP contribution < -0.4 is 10.5 Å². The first-order chi connectivity index (χ1) is 9.33. The van der Waals surface area contributed by atoms with Crippen LogP contribution in [0.5, 0.6) is 5.75 Å². The fourth-order valence-corrected chi connectivity index (χ4v) is 1.28. The van der Waals surface area contributed by atoms with Crippen molar-refractivity contribution in [1.29, 1.82) is 0 Å². The van der Waals surface area contributed by atoms with Crippen molar-refractivity contribution in [3.8, 4) is 5.75 Å². The standard InChI is InChI=1S/C12H19NO2.CH4O3S/c1-14-9-3-2-4-10-15-12-7-5-11(13)6-8-12;1-5(2,3)4/h5-8H,2-4,9-10,13H2,1H3;1H3,(H,2,3,4). The summed E-state index contributed by atoms with van der Waals surface area (Å²) in [5, 5.41) is 0. The zero-order valence-corrected chi connectivity index (χ0v) is 12.7. The molecular weight excluding hydrogens is 282 g/mol. The first-order valence-corrected chi connectivity index (χ1v) is 8.07. The summed E-state index contributed by atoms with van der Waals surface area (Å²) in [4.78, 5) is 0. The molecule has 0 amide bonds. The van der Waals surface area contributed by atoms with Crippen molar-refractivity contribution in [3.05, 3.63) is 24.3 Å². The van der Waals surface area contributed by atoms with Gasteiger partial charge in [-0.05, 0) is 43.5 Å². The summed E-state index contributed by atoms with van der Waals surface area (Å²) in [7, 11) is -1.94. The van der Waals surface area contributed by atoms with Gasteiger partial charge in [0.2, 0.25) is 0 Å². The third-order valence-electron chi connectivity index (χ3n) is 2.14.